The Morgan fingerprint density at radius 1 is 1.07 bits per heavy atom. The second-order valence-electron chi connectivity index (χ2n) is 6.52. The summed E-state index contributed by atoms with van der Waals surface area (Å²) in [6.07, 6.45) is 0. The van der Waals surface area contributed by atoms with E-state index in [0.29, 0.717) is 22.8 Å². The average molecular weight is 432 g/mol. The molecule has 0 saturated carbocycles. The van der Waals surface area contributed by atoms with Crippen molar-refractivity contribution in [3.63, 3.8) is 0 Å². The molecule has 0 N–H and O–H groups in total. The Balaban J connectivity index is 1.92. The normalized spacial score (nSPS) is 11.3. The molecule has 7 heteroatoms. The largest absolute Gasteiger partial charge is 0.302 e. The molecule has 0 spiro atoms. The van der Waals surface area contributed by atoms with Crippen LogP contribution in [0.4, 0.5) is 9.52 Å². The van der Waals surface area contributed by atoms with Crippen LogP contribution in [0.5, 0.6) is 0 Å². The number of rotatable bonds is 9. The third-order valence-corrected chi connectivity index (χ3v) is 6.72. The average Bonchev–Trinajstić information content (AvgIpc) is 3.17. The number of carbonyl (C=O) groups is 1. The van der Waals surface area contributed by atoms with Gasteiger partial charge in [0.2, 0.25) is 0 Å². The summed E-state index contributed by atoms with van der Waals surface area (Å²) in [6, 6.07) is 12.6. The summed E-state index contributed by atoms with van der Waals surface area (Å²) in [5.74, 6) is 0.521. The molecule has 0 aliphatic heterocycles. The third kappa shape index (κ3) is 5.15. The lowest BCUT2D eigenvalue weighted by molar-refractivity contribution is 0.0983. The van der Waals surface area contributed by atoms with Crippen molar-refractivity contribution < 1.29 is 9.18 Å². The van der Waals surface area contributed by atoms with Gasteiger partial charge < -0.3 is 4.90 Å². The Labute approximate surface area is 179 Å². The van der Waals surface area contributed by atoms with Crippen LogP contribution in [0, 0.1) is 5.82 Å². The van der Waals surface area contributed by atoms with E-state index < -0.39 is 0 Å². The summed E-state index contributed by atoms with van der Waals surface area (Å²) in [6.45, 7) is 9.38. The van der Waals surface area contributed by atoms with Crippen molar-refractivity contribution in [3.05, 3.63) is 53.8 Å². The number of para-hydroxylation sites is 1. The maximum atomic E-state index is 14.2. The van der Waals surface area contributed by atoms with Crippen LogP contribution in [0.15, 0.2) is 47.4 Å². The fourth-order valence-corrected chi connectivity index (χ4v) is 4.77. The third-order valence-electron chi connectivity index (χ3n) is 4.78. The molecule has 0 aliphatic rings. The quantitative estimate of drug-likeness (QED) is 0.417. The van der Waals surface area contributed by atoms with Gasteiger partial charge in [-0.05, 0) is 55.2 Å². The molecule has 154 valence electrons. The van der Waals surface area contributed by atoms with Gasteiger partial charge in [-0.25, -0.2) is 9.37 Å². The van der Waals surface area contributed by atoms with E-state index >= 15 is 0 Å². The minimum atomic E-state index is -0.359. The molecule has 0 fully saturated rings. The molecule has 1 amide bonds. The van der Waals surface area contributed by atoms with Gasteiger partial charge in [0.25, 0.3) is 5.91 Å². The van der Waals surface area contributed by atoms with Gasteiger partial charge in [0.15, 0.2) is 5.13 Å². The first kappa shape index (κ1) is 21.7. The Morgan fingerprint density at radius 2 is 1.79 bits per heavy atom. The molecule has 4 nitrogen and oxygen atoms in total. The van der Waals surface area contributed by atoms with E-state index in [9.17, 15) is 9.18 Å². The zero-order chi connectivity index (χ0) is 20.8. The van der Waals surface area contributed by atoms with Crippen LogP contribution in [0.1, 0.15) is 31.1 Å². The van der Waals surface area contributed by atoms with Gasteiger partial charge >= 0.3 is 0 Å². The summed E-state index contributed by atoms with van der Waals surface area (Å²) in [5.41, 5.74) is 0.938. The fourth-order valence-electron chi connectivity index (χ4n) is 3.10. The standard InChI is InChI=1S/C22H26FN3OS2/c1-4-25(5-2)14-15-26(21(27)16-10-12-17(13-11-16)28-6-3)22-24-20-18(23)8-7-9-19(20)29-22/h7-13H,4-6,14-15H2,1-3H3. The number of hydrogen-bond donors (Lipinski definition) is 0. The van der Waals surface area contributed by atoms with Crippen LogP contribution in [0.25, 0.3) is 10.2 Å². The number of aromatic nitrogens is 1. The Bertz CT molecular complexity index is 954. The molecule has 1 aromatic heterocycles. The maximum absolute atomic E-state index is 14.2. The number of thioether (sulfide) groups is 1. The van der Waals surface area contributed by atoms with E-state index in [1.54, 1.807) is 22.7 Å². The molecule has 29 heavy (non-hydrogen) atoms. The van der Waals surface area contributed by atoms with Gasteiger partial charge in [0, 0.05) is 23.5 Å². The van der Waals surface area contributed by atoms with Gasteiger partial charge in [0.05, 0.1) is 4.70 Å². The van der Waals surface area contributed by atoms with Crippen LogP contribution in [-0.2, 0) is 0 Å². The number of likely N-dealkylation sites (N-methyl/N-ethyl adjacent to an activating group) is 1. The molecule has 3 rings (SSSR count). The Kier molecular flexibility index (Phi) is 7.64. The van der Waals surface area contributed by atoms with Crippen LogP contribution in [0.2, 0.25) is 0 Å². The van der Waals surface area contributed by atoms with E-state index in [0.717, 1.165) is 35.0 Å². The second kappa shape index (κ2) is 10.2. The Hall–Kier alpha value is -1.96. The van der Waals surface area contributed by atoms with Crippen LogP contribution in [-0.4, -0.2) is 47.7 Å². The highest BCUT2D eigenvalue weighted by atomic mass is 32.2. The minimum absolute atomic E-state index is 0.107. The molecule has 3 aromatic rings. The summed E-state index contributed by atoms with van der Waals surface area (Å²) in [5, 5.41) is 0.536. The lowest BCUT2D eigenvalue weighted by Gasteiger charge is -2.24. The smallest absolute Gasteiger partial charge is 0.260 e. The zero-order valence-corrected chi connectivity index (χ0v) is 18.7. The van der Waals surface area contributed by atoms with Crippen molar-refractivity contribution in [1.29, 1.82) is 0 Å². The van der Waals surface area contributed by atoms with Crippen LogP contribution in [0.3, 0.4) is 0 Å². The van der Waals surface area contributed by atoms with E-state index in [4.69, 9.17) is 0 Å². The van der Waals surface area contributed by atoms with E-state index in [2.05, 4.69) is 30.7 Å². The lowest BCUT2D eigenvalue weighted by atomic mass is 10.2. The highest BCUT2D eigenvalue weighted by molar-refractivity contribution is 7.99. The SMILES string of the molecule is CCSc1ccc(C(=O)N(CCN(CC)CC)c2nc3c(F)cccc3s2)cc1. The summed E-state index contributed by atoms with van der Waals surface area (Å²) < 4.78 is 14.9. The first-order chi connectivity index (χ1) is 14.1. The summed E-state index contributed by atoms with van der Waals surface area (Å²) >= 11 is 3.09. The van der Waals surface area contributed by atoms with Crippen molar-refractivity contribution in [2.24, 2.45) is 0 Å². The number of thiazole rings is 1. The predicted octanol–water partition coefficient (Wildman–Crippen LogP) is 5.54. The molecule has 0 aliphatic carbocycles. The molecule has 0 bridgehead atoms. The summed E-state index contributed by atoms with van der Waals surface area (Å²) in [7, 11) is 0. The van der Waals surface area contributed by atoms with Crippen molar-refractivity contribution in [3.8, 4) is 0 Å². The van der Waals surface area contributed by atoms with Crippen molar-refractivity contribution >= 4 is 44.4 Å². The zero-order valence-electron chi connectivity index (χ0n) is 17.0. The summed E-state index contributed by atoms with van der Waals surface area (Å²) in [4.78, 5) is 22.9. The molecule has 1 heterocycles. The first-order valence-corrected chi connectivity index (χ1v) is 11.7. The molecular formula is C22H26FN3OS2. The highest BCUT2D eigenvalue weighted by Crippen LogP contribution is 2.31. The van der Waals surface area contributed by atoms with Gasteiger partial charge in [-0.1, -0.05) is 38.2 Å². The maximum Gasteiger partial charge on any atom is 0.260 e. The second-order valence-corrected chi connectivity index (χ2v) is 8.87. The van der Waals surface area contributed by atoms with Gasteiger partial charge in [-0.2, -0.15) is 0 Å². The van der Waals surface area contributed by atoms with Crippen molar-refractivity contribution in [2.45, 2.75) is 25.7 Å². The number of nitrogens with zero attached hydrogens (tertiary/aromatic N) is 3. The number of carbonyl (C=O) groups excluding carboxylic acids is 1. The molecular weight excluding hydrogens is 405 g/mol. The first-order valence-electron chi connectivity index (χ1n) is 9.89. The van der Waals surface area contributed by atoms with Crippen LogP contribution < -0.4 is 4.90 Å². The molecule has 0 atom stereocenters. The molecule has 0 radical (unpaired) electrons. The number of amides is 1. The predicted molar refractivity (Wildman–Crippen MR) is 122 cm³/mol. The molecule has 0 unspecified atom stereocenters. The topological polar surface area (TPSA) is 36.4 Å². The highest BCUT2D eigenvalue weighted by Gasteiger charge is 2.22. The van der Waals surface area contributed by atoms with E-state index in [1.165, 1.54) is 17.4 Å². The number of hydrogen-bond acceptors (Lipinski definition) is 5. The van der Waals surface area contributed by atoms with E-state index in [-0.39, 0.29) is 11.7 Å². The molecule has 0 saturated heterocycles. The van der Waals surface area contributed by atoms with Gasteiger partial charge in [0.1, 0.15) is 11.3 Å². The number of anilines is 1. The Morgan fingerprint density at radius 3 is 2.41 bits per heavy atom. The number of benzene rings is 2. The monoisotopic (exact) mass is 431 g/mol. The van der Waals surface area contributed by atoms with Gasteiger partial charge in [-0.15, -0.1) is 11.8 Å². The fraction of sp³-hybridized carbons (Fsp3) is 0.364. The lowest BCUT2D eigenvalue weighted by Crippen LogP contribution is -2.38. The minimum Gasteiger partial charge on any atom is -0.302 e. The van der Waals surface area contributed by atoms with Gasteiger partial charge in [-0.3, -0.25) is 9.69 Å². The number of halogens is 1. The van der Waals surface area contributed by atoms with E-state index in [1.807, 2.05) is 30.3 Å². The van der Waals surface area contributed by atoms with Crippen molar-refractivity contribution in [2.75, 3.05) is 36.8 Å². The van der Waals surface area contributed by atoms with Crippen molar-refractivity contribution in [1.82, 2.24) is 9.88 Å². The number of fused-ring (bicyclic) bond motifs is 1. The molecule has 2 aromatic carbocycles. The van der Waals surface area contributed by atoms with Crippen LogP contribution >= 0.6 is 23.1 Å².